The Morgan fingerprint density at radius 3 is 2.71 bits per heavy atom. The van der Waals surface area contributed by atoms with Crippen LogP contribution in [0.4, 0.5) is 11.4 Å². The van der Waals surface area contributed by atoms with Gasteiger partial charge in [0.2, 0.25) is 5.91 Å². The van der Waals surface area contributed by atoms with Crippen LogP contribution in [0.25, 0.3) is 0 Å². The smallest absolute Gasteiger partial charge is 0.227 e. The van der Waals surface area contributed by atoms with Crippen molar-refractivity contribution in [3.8, 4) is 0 Å². The second kappa shape index (κ2) is 7.66. The average molecular weight is 311 g/mol. The van der Waals surface area contributed by atoms with Gasteiger partial charge < -0.3 is 15.7 Å². The van der Waals surface area contributed by atoms with Gasteiger partial charge in [0.25, 0.3) is 0 Å². The number of nitrogens with one attached hydrogen (secondary N) is 2. The van der Waals surface area contributed by atoms with Gasteiger partial charge in [0, 0.05) is 23.8 Å². The number of rotatable bonds is 6. The highest BCUT2D eigenvalue weighted by atomic mass is 35.5. The molecule has 0 heterocycles. The lowest BCUT2D eigenvalue weighted by atomic mass is 10.1. The van der Waals surface area contributed by atoms with E-state index in [4.69, 9.17) is 11.6 Å². The predicted molar refractivity (Wildman–Crippen MR) is 87.0 cm³/mol. The highest BCUT2D eigenvalue weighted by Gasteiger charge is 2.23. The molecule has 5 heteroatoms. The molecule has 1 aromatic rings. The molecule has 0 bridgehead atoms. The van der Waals surface area contributed by atoms with Crippen LogP contribution in [0, 0.1) is 12.8 Å². The summed E-state index contributed by atoms with van der Waals surface area (Å²) in [4.78, 5) is 12.2. The van der Waals surface area contributed by atoms with Crippen LogP contribution in [0.3, 0.4) is 0 Å². The monoisotopic (exact) mass is 310 g/mol. The minimum Gasteiger partial charge on any atom is -0.390 e. The Balaban J connectivity index is 2.01. The third-order valence-corrected chi connectivity index (χ3v) is 4.38. The van der Waals surface area contributed by atoms with Crippen molar-refractivity contribution in [1.29, 1.82) is 0 Å². The normalized spacial score (nSPS) is 16.7. The number of alkyl halides is 1. The van der Waals surface area contributed by atoms with E-state index < -0.39 is 6.10 Å². The number of benzene rings is 1. The molecule has 0 spiro atoms. The second-order valence-corrected chi connectivity index (χ2v) is 5.95. The molecule has 116 valence electrons. The van der Waals surface area contributed by atoms with Gasteiger partial charge >= 0.3 is 0 Å². The van der Waals surface area contributed by atoms with Crippen LogP contribution in [0.2, 0.25) is 0 Å². The summed E-state index contributed by atoms with van der Waals surface area (Å²) in [6.07, 6.45) is 3.70. The fourth-order valence-electron chi connectivity index (χ4n) is 2.67. The first kappa shape index (κ1) is 16.1. The van der Waals surface area contributed by atoms with Crippen molar-refractivity contribution in [2.75, 3.05) is 23.1 Å². The second-order valence-electron chi connectivity index (χ2n) is 5.64. The molecule has 2 rings (SSSR count). The maximum atomic E-state index is 12.2. The van der Waals surface area contributed by atoms with Gasteiger partial charge in [-0.15, -0.1) is 11.6 Å². The first-order valence-corrected chi connectivity index (χ1v) is 8.03. The van der Waals surface area contributed by atoms with Crippen molar-refractivity contribution in [3.63, 3.8) is 0 Å². The lowest BCUT2D eigenvalue weighted by Crippen LogP contribution is -2.22. The Hall–Kier alpha value is -1.26. The molecule has 0 saturated heterocycles. The fourth-order valence-corrected chi connectivity index (χ4v) is 2.78. The molecule has 0 aromatic heterocycles. The van der Waals surface area contributed by atoms with E-state index in [0.29, 0.717) is 6.54 Å². The first-order valence-electron chi connectivity index (χ1n) is 7.50. The van der Waals surface area contributed by atoms with Gasteiger partial charge in [0.1, 0.15) is 0 Å². The van der Waals surface area contributed by atoms with Gasteiger partial charge in [0.15, 0.2) is 0 Å². The third kappa shape index (κ3) is 4.35. The lowest BCUT2D eigenvalue weighted by molar-refractivity contribution is -0.119. The van der Waals surface area contributed by atoms with Crippen LogP contribution in [-0.4, -0.2) is 29.5 Å². The molecule has 4 nitrogen and oxygen atoms in total. The summed E-state index contributed by atoms with van der Waals surface area (Å²) in [6, 6.07) is 5.74. The summed E-state index contributed by atoms with van der Waals surface area (Å²) in [7, 11) is 0. The van der Waals surface area contributed by atoms with Crippen LogP contribution in [-0.2, 0) is 4.79 Å². The number of carbonyl (C=O) groups excluding carboxylic acids is 1. The first-order chi connectivity index (χ1) is 10.1. The van der Waals surface area contributed by atoms with Crippen molar-refractivity contribution >= 4 is 28.9 Å². The van der Waals surface area contributed by atoms with Gasteiger partial charge in [-0.25, -0.2) is 0 Å². The number of halogens is 1. The van der Waals surface area contributed by atoms with Crippen molar-refractivity contribution in [1.82, 2.24) is 0 Å². The molecular weight excluding hydrogens is 288 g/mol. The average Bonchev–Trinajstić information content (AvgIpc) is 3.02. The number of amides is 1. The topological polar surface area (TPSA) is 61.4 Å². The SMILES string of the molecule is Cc1c(NCC(O)CCl)cccc1NC(=O)C1CCCC1. The predicted octanol–water partition coefficient (Wildman–Crippen LogP) is 3.14. The van der Waals surface area contributed by atoms with Crippen LogP contribution in [0.15, 0.2) is 18.2 Å². The van der Waals surface area contributed by atoms with Gasteiger partial charge in [-0.3, -0.25) is 4.79 Å². The van der Waals surface area contributed by atoms with E-state index in [-0.39, 0.29) is 17.7 Å². The van der Waals surface area contributed by atoms with E-state index in [1.54, 1.807) is 0 Å². The Morgan fingerprint density at radius 1 is 1.38 bits per heavy atom. The largest absolute Gasteiger partial charge is 0.390 e. The molecule has 1 aliphatic rings. The number of carbonyl (C=O) groups is 1. The Morgan fingerprint density at radius 2 is 2.05 bits per heavy atom. The molecule has 21 heavy (non-hydrogen) atoms. The van der Waals surface area contributed by atoms with E-state index >= 15 is 0 Å². The van der Waals surface area contributed by atoms with Gasteiger partial charge in [-0.2, -0.15) is 0 Å². The minimum absolute atomic E-state index is 0.119. The number of anilines is 2. The van der Waals surface area contributed by atoms with E-state index in [2.05, 4.69) is 10.6 Å². The molecule has 1 atom stereocenters. The molecular formula is C16H23ClN2O2. The molecule has 1 unspecified atom stereocenters. The lowest BCUT2D eigenvalue weighted by Gasteiger charge is -2.17. The summed E-state index contributed by atoms with van der Waals surface area (Å²) in [5.74, 6) is 0.470. The Kier molecular flexibility index (Phi) is 5.88. The van der Waals surface area contributed by atoms with Crippen molar-refractivity contribution < 1.29 is 9.90 Å². The molecule has 3 N–H and O–H groups in total. The Bertz CT molecular complexity index is 487. The highest BCUT2D eigenvalue weighted by molar-refractivity contribution is 6.18. The zero-order chi connectivity index (χ0) is 15.2. The molecule has 1 fully saturated rings. The molecule has 1 amide bonds. The van der Waals surface area contributed by atoms with Crippen LogP contribution >= 0.6 is 11.6 Å². The van der Waals surface area contributed by atoms with Crippen molar-refractivity contribution in [3.05, 3.63) is 23.8 Å². The molecule has 1 saturated carbocycles. The summed E-state index contributed by atoms with van der Waals surface area (Å²) >= 11 is 5.58. The molecule has 0 radical (unpaired) electrons. The quantitative estimate of drug-likeness (QED) is 0.707. The molecule has 0 aliphatic heterocycles. The van der Waals surface area contributed by atoms with Gasteiger partial charge in [-0.05, 0) is 37.5 Å². The van der Waals surface area contributed by atoms with Crippen molar-refractivity contribution in [2.45, 2.75) is 38.7 Å². The zero-order valence-electron chi connectivity index (χ0n) is 12.4. The minimum atomic E-state index is -0.581. The summed E-state index contributed by atoms with van der Waals surface area (Å²) in [5, 5.41) is 15.7. The number of aliphatic hydroxyl groups is 1. The third-order valence-electron chi connectivity index (χ3n) is 4.02. The maximum absolute atomic E-state index is 12.2. The van der Waals surface area contributed by atoms with E-state index in [1.807, 2.05) is 25.1 Å². The standard InChI is InChI=1S/C16H23ClN2O2/c1-11-14(18-10-13(20)9-17)7-4-8-15(11)19-16(21)12-5-2-3-6-12/h4,7-8,12-13,18,20H,2-3,5-6,9-10H2,1H3,(H,19,21). The molecule has 1 aromatic carbocycles. The number of aliphatic hydroxyl groups excluding tert-OH is 1. The fraction of sp³-hybridized carbons (Fsp3) is 0.562. The number of hydrogen-bond donors (Lipinski definition) is 3. The van der Waals surface area contributed by atoms with Crippen LogP contribution < -0.4 is 10.6 Å². The summed E-state index contributed by atoms with van der Waals surface area (Å²) in [6.45, 7) is 2.35. The van der Waals surface area contributed by atoms with E-state index in [9.17, 15) is 9.90 Å². The maximum Gasteiger partial charge on any atom is 0.227 e. The zero-order valence-corrected chi connectivity index (χ0v) is 13.1. The van der Waals surface area contributed by atoms with Crippen LogP contribution in [0.5, 0.6) is 0 Å². The van der Waals surface area contributed by atoms with Gasteiger partial charge in [0.05, 0.1) is 12.0 Å². The summed E-state index contributed by atoms with van der Waals surface area (Å²) in [5.41, 5.74) is 2.71. The van der Waals surface area contributed by atoms with E-state index in [0.717, 1.165) is 42.6 Å². The highest BCUT2D eigenvalue weighted by Crippen LogP contribution is 2.28. The van der Waals surface area contributed by atoms with Crippen molar-refractivity contribution in [2.24, 2.45) is 5.92 Å². The molecule has 1 aliphatic carbocycles. The Labute approximate surface area is 130 Å². The van der Waals surface area contributed by atoms with E-state index in [1.165, 1.54) is 0 Å². The van der Waals surface area contributed by atoms with Crippen LogP contribution in [0.1, 0.15) is 31.2 Å². The van der Waals surface area contributed by atoms with Gasteiger partial charge in [-0.1, -0.05) is 18.9 Å². The summed E-state index contributed by atoms with van der Waals surface area (Å²) < 4.78 is 0. The number of hydrogen-bond acceptors (Lipinski definition) is 3.